The number of para-hydroxylation sites is 1. The molecule has 2 atom stereocenters. The van der Waals surface area contributed by atoms with Gasteiger partial charge in [-0.05, 0) is 48.6 Å². The minimum Gasteiger partial charge on any atom is -0.459 e. The summed E-state index contributed by atoms with van der Waals surface area (Å²) in [4.78, 5) is 16.6. The molecule has 1 aliphatic rings. The highest BCUT2D eigenvalue weighted by Gasteiger charge is 2.22. The van der Waals surface area contributed by atoms with E-state index in [0.29, 0.717) is 12.3 Å². The Morgan fingerprint density at radius 2 is 2.08 bits per heavy atom. The average molecular weight is 332 g/mol. The number of nitrogens with one attached hydrogen (secondary N) is 1. The fourth-order valence-corrected chi connectivity index (χ4v) is 3.34. The molecule has 0 saturated carbocycles. The van der Waals surface area contributed by atoms with Crippen LogP contribution in [0.25, 0.3) is 11.0 Å². The van der Waals surface area contributed by atoms with Crippen molar-refractivity contribution in [1.29, 1.82) is 0 Å². The lowest BCUT2D eigenvalue weighted by atomic mass is 10.0. The van der Waals surface area contributed by atoms with Crippen LogP contribution in [-0.4, -0.2) is 10.9 Å². The fourth-order valence-electron chi connectivity index (χ4n) is 3.34. The molecule has 4 nitrogen and oxygen atoms in total. The van der Waals surface area contributed by atoms with Crippen LogP contribution in [0.1, 0.15) is 36.6 Å². The first kappa shape index (κ1) is 15.6. The van der Waals surface area contributed by atoms with Crippen molar-refractivity contribution in [3.8, 4) is 0 Å². The van der Waals surface area contributed by atoms with Gasteiger partial charge in [-0.2, -0.15) is 0 Å². The van der Waals surface area contributed by atoms with Gasteiger partial charge in [0.25, 0.3) is 0 Å². The number of aromatic nitrogens is 1. The molecule has 1 aromatic carbocycles. The Morgan fingerprint density at radius 1 is 1.24 bits per heavy atom. The summed E-state index contributed by atoms with van der Waals surface area (Å²) < 4.78 is 6.01. The second-order valence-electron chi connectivity index (χ2n) is 6.44. The Hall–Kier alpha value is -2.88. The predicted molar refractivity (Wildman–Crippen MR) is 96.9 cm³/mol. The maximum atomic E-state index is 12.6. The minimum atomic E-state index is -0.312. The van der Waals surface area contributed by atoms with Gasteiger partial charge in [0.1, 0.15) is 17.4 Å². The molecule has 0 spiro atoms. The number of allylic oxidation sites excluding steroid dienone is 2. The summed E-state index contributed by atoms with van der Waals surface area (Å²) in [5, 5.41) is 4.18. The highest BCUT2D eigenvalue weighted by atomic mass is 16.3. The van der Waals surface area contributed by atoms with Crippen LogP contribution in [-0.2, 0) is 4.79 Å². The van der Waals surface area contributed by atoms with Crippen LogP contribution in [0.4, 0.5) is 0 Å². The molecule has 126 valence electrons. The molecular weight excluding hydrogens is 312 g/mol. The van der Waals surface area contributed by atoms with E-state index in [1.54, 1.807) is 12.4 Å². The molecule has 1 aliphatic carbocycles. The quantitative estimate of drug-likeness (QED) is 0.705. The molecule has 4 heteroatoms. The van der Waals surface area contributed by atoms with Gasteiger partial charge in [0, 0.05) is 24.2 Å². The molecule has 0 aliphatic heterocycles. The molecule has 1 amide bonds. The van der Waals surface area contributed by atoms with E-state index in [9.17, 15) is 4.79 Å². The van der Waals surface area contributed by atoms with Crippen molar-refractivity contribution >= 4 is 16.9 Å². The van der Waals surface area contributed by atoms with Crippen LogP contribution in [0.2, 0.25) is 0 Å². The lowest BCUT2D eigenvalue weighted by molar-refractivity contribution is -0.122. The van der Waals surface area contributed by atoms with Crippen molar-refractivity contribution in [3.05, 3.63) is 78.3 Å². The molecular formula is C21H20N2O2. The summed E-state index contributed by atoms with van der Waals surface area (Å²) in [6.07, 6.45) is 10.4. The van der Waals surface area contributed by atoms with Crippen molar-refractivity contribution in [2.45, 2.75) is 25.3 Å². The van der Waals surface area contributed by atoms with Crippen molar-refractivity contribution in [1.82, 2.24) is 10.3 Å². The molecule has 25 heavy (non-hydrogen) atoms. The summed E-state index contributed by atoms with van der Waals surface area (Å²) in [6, 6.07) is 13.4. The highest BCUT2D eigenvalue weighted by Crippen LogP contribution is 2.29. The van der Waals surface area contributed by atoms with Gasteiger partial charge in [0.15, 0.2) is 0 Å². The van der Waals surface area contributed by atoms with Crippen LogP contribution in [0.3, 0.4) is 0 Å². The van der Waals surface area contributed by atoms with Crippen LogP contribution in [0.15, 0.2) is 71.4 Å². The number of carbonyl (C=O) groups excluding carboxylic acids is 1. The number of fused-ring (bicyclic) bond motifs is 1. The third kappa shape index (κ3) is 3.48. The maximum absolute atomic E-state index is 12.6. The van der Waals surface area contributed by atoms with E-state index in [1.165, 1.54) is 0 Å². The lowest BCUT2D eigenvalue weighted by Gasteiger charge is -2.18. The van der Waals surface area contributed by atoms with Crippen LogP contribution in [0, 0.1) is 5.92 Å². The summed E-state index contributed by atoms with van der Waals surface area (Å²) in [6.45, 7) is 0. The molecule has 0 bridgehead atoms. The van der Waals surface area contributed by atoms with E-state index < -0.39 is 0 Å². The molecule has 2 aromatic heterocycles. The Bertz CT molecular complexity index is 865. The van der Waals surface area contributed by atoms with E-state index >= 15 is 0 Å². The average Bonchev–Trinajstić information content (AvgIpc) is 3.29. The zero-order valence-corrected chi connectivity index (χ0v) is 13.9. The molecule has 2 heterocycles. The molecule has 3 aromatic rings. The standard InChI is InChI=1S/C21H20N2O2/c24-20(13-15-5-1-2-6-15)23-21(16-9-11-22-12-10-16)19-14-17-7-3-4-8-18(17)25-19/h1,3-5,7-12,14-15,21H,2,6,13H2,(H,23,24). The van der Waals surface area contributed by atoms with Gasteiger partial charge in [-0.25, -0.2) is 0 Å². The lowest BCUT2D eigenvalue weighted by Crippen LogP contribution is -2.30. The Balaban J connectivity index is 1.62. The number of carbonyl (C=O) groups is 1. The van der Waals surface area contributed by atoms with Gasteiger partial charge < -0.3 is 9.73 Å². The number of rotatable bonds is 5. The molecule has 1 N–H and O–H groups in total. The molecule has 4 rings (SSSR count). The summed E-state index contributed by atoms with van der Waals surface area (Å²) in [5.74, 6) is 1.12. The Kier molecular flexibility index (Phi) is 4.34. The SMILES string of the molecule is O=C(CC1C=CCC1)NC(c1ccncc1)c1cc2ccccc2o1. The van der Waals surface area contributed by atoms with E-state index in [1.807, 2.05) is 42.5 Å². The van der Waals surface area contributed by atoms with Gasteiger partial charge in [0.2, 0.25) is 5.91 Å². The second-order valence-corrected chi connectivity index (χ2v) is 6.44. The molecule has 0 fully saturated rings. The number of benzene rings is 1. The Labute approximate surface area is 146 Å². The fraction of sp³-hybridized carbons (Fsp3) is 0.238. The molecule has 0 saturated heterocycles. The third-order valence-corrected chi connectivity index (χ3v) is 4.63. The number of pyridine rings is 1. The van der Waals surface area contributed by atoms with Crippen LogP contribution in [0.5, 0.6) is 0 Å². The smallest absolute Gasteiger partial charge is 0.221 e. The number of hydrogen-bond donors (Lipinski definition) is 1. The monoisotopic (exact) mass is 332 g/mol. The zero-order valence-electron chi connectivity index (χ0n) is 13.9. The van der Waals surface area contributed by atoms with E-state index in [4.69, 9.17) is 4.42 Å². The predicted octanol–water partition coefficient (Wildman–Crippen LogP) is 4.39. The number of nitrogens with zero attached hydrogens (tertiary/aromatic N) is 1. The van der Waals surface area contributed by atoms with Crippen LogP contribution >= 0.6 is 0 Å². The minimum absolute atomic E-state index is 0.0406. The van der Waals surface area contributed by atoms with Crippen molar-refractivity contribution in [2.24, 2.45) is 5.92 Å². The van der Waals surface area contributed by atoms with E-state index in [2.05, 4.69) is 22.5 Å². The van der Waals surface area contributed by atoms with Gasteiger partial charge in [0.05, 0.1) is 0 Å². The second kappa shape index (κ2) is 6.93. The first-order chi connectivity index (χ1) is 12.3. The number of hydrogen-bond acceptors (Lipinski definition) is 3. The summed E-state index contributed by atoms with van der Waals surface area (Å²) >= 11 is 0. The van der Waals surface area contributed by atoms with E-state index in [-0.39, 0.29) is 11.9 Å². The van der Waals surface area contributed by atoms with Gasteiger partial charge in [-0.3, -0.25) is 9.78 Å². The van der Waals surface area contributed by atoms with Crippen molar-refractivity contribution in [2.75, 3.05) is 0 Å². The highest BCUT2D eigenvalue weighted by molar-refractivity contribution is 5.80. The third-order valence-electron chi connectivity index (χ3n) is 4.63. The van der Waals surface area contributed by atoms with Crippen molar-refractivity contribution in [3.63, 3.8) is 0 Å². The number of amides is 1. The normalized spacial score (nSPS) is 17.7. The zero-order chi connectivity index (χ0) is 17.1. The first-order valence-electron chi connectivity index (χ1n) is 8.64. The van der Waals surface area contributed by atoms with Gasteiger partial charge in [-0.1, -0.05) is 30.4 Å². The number of furan rings is 1. The Morgan fingerprint density at radius 3 is 2.84 bits per heavy atom. The summed E-state index contributed by atoms with van der Waals surface area (Å²) in [5.41, 5.74) is 1.79. The molecule has 0 radical (unpaired) electrons. The summed E-state index contributed by atoms with van der Waals surface area (Å²) in [7, 11) is 0. The van der Waals surface area contributed by atoms with E-state index in [0.717, 1.165) is 35.1 Å². The van der Waals surface area contributed by atoms with Gasteiger partial charge >= 0.3 is 0 Å². The topological polar surface area (TPSA) is 55.1 Å². The maximum Gasteiger partial charge on any atom is 0.221 e. The van der Waals surface area contributed by atoms with Gasteiger partial charge in [-0.15, -0.1) is 0 Å². The first-order valence-corrected chi connectivity index (χ1v) is 8.64. The van der Waals surface area contributed by atoms with Crippen molar-refractivity contribution < 1.29 is 9.21 Å². The van der Waals surface area contributed by atoms with Crippen LogP contribution < -0.4 is 5.32 Å². The molecule has 2 unspecified atom stereocenters. The largest absolute Gasteiger partial charge is 0.459 e.